The third-order valence-electron chi connectivity index (χ3n) is 4.88. The van der Waals surface area contributed by atoms with Crippen molar-refractivity contribution in [1.82, 2.24) is 0 Å². The summed E-state index contributed by atoms with van der Waals surface area (Å²) in [6, 6.07) is 8.97. The van der Waals surface area contributed by atoms with Crippen molar-refractivity contribution in [3.8, 4) is 0 Å². The van der Waals surface area contributed by atoms with Crippen LogP contribution in [0.1, 0.15) is 29.7 Å². The van der Waals surface area contributed by atoms with Crippen LogP contribution in [0.15, 0.2) is 45.7 Å². The Morgan fingerprint density at radius 2 is 1.89 bits per heavy atom. The van der Waals surface area contributed by atoms with E-state index in [1.807, 2.05) is 0 Å². The molecule has 1 aliphatic rings. The molecule has 0 unspecified atom stereocenters. The van der Waals surface area contributed by atoms with Crippen molar-refractivity contribution in [3.63, 3.8) is 0 Å². The number of nitro benzene ring substituents is 1. The topological polar surface area (TPSA) is 102 Å². The van der Waals surface area contributed by atoms with Crippen molar-refractivity contribution in [2.24, 2.45) is 0 Å². The first-order chi connectivity index (χ1) is 12.8. The maximum atomic E-state index is 12.8. The summed E-state index contributed by atoms with van der Waals surface area (Å²) >= 11 is 0. The highest BCUT2D eigenvalue weighted by Crippen LogP contribution is 2.34. The second-order valence-corrected chi connectivity index (χ2v) is 8.39. The summed E-state index contributed by atoms with van der Waals surface area (Å²) in [6.07, 6.45) is 4.00. The molecule has 8 heteroatoms. The van der Waals surface area contributed by atoms with E-state index in [4.69, 9.17) is 4.42 Å². The Balaban J connectivity index is 1.73. The maximum absolute atomic E-state index is 12.8. The van der Waals surface area contributed by atoms with Crippen LogP contribution in [0.25, 0.3) is 11.0 Å². The van der Waals surface area contributed by atoms with Crippen LogP contribution in [0.2, 0.25) is 0 Å². The number of nitrogens with zero attached hydrogens (tertiary/aromatic N) is 1. The van der Waals surface area contributed by atoms with E-state index in [9.17, 15) is 18.5 Å². The fourth-order valence-electron chi connectivity index (χ4n) is 3.53. The van der Waals surface area contributed by atoms with Crippen LogP contribution in [0, 0.1) is 17.0 Å². The van der Waals surface area contributed by atoms with Gasteiger partial charge < -0.3 is 4.42 Å². The van der Waals surface area contributed by atoms with Crippen LogP contribution < -0.4 is 4.72 Å². The number of rotatable bonds is 4. The summed E-state index contributed by atoms with van der Waals surface area (Å²) in [7, 11) is -3.96. The minimum atomic E-state index is -3.96. The van der Waals surface area contributed by atoms with Gasteiger partial charge in [0.2, 0.25) is 0 Å². The lowest BCUT2D eigenvalue weighted by atomic mass is 9.96. The quantitative estimate of drug-likeness (QED) is 0.531. The van der Waals surface area contributed by atoms with Crippen molar-refractivity contribution in [1.29, 1.82) is 0 Å². The lowest BCUT2D eigenvalue weighted by Crippen LogP contribution is -2.14. The third-order valence-corrected chi connectivity index (χ3v) is 6.40. The summed E-state index contributed by atoms with van der Waals surface area (Å²) in [4.78, 5) is 10.3. The number of hydrogen-bond acceptors (Lipinski definition) is 5. The molecule has 140 valence electrons. The molecule has 0 bridgehead atoms. The SMILES string of the molecule is Cc1ccc([N+](=O)[O-])cc1S(=O)(=O)Nc1ccc2oc3c(c2c1)CCCC3. The average molecular weight is 386 g/mol. The largest absolute Gasteiger partial charge is 0.461 e. The smallest absolute Gasteiger partial charge is 0.270 e. The summed E-state index contributed by atoms with van der Waals surface area (Å²) in [5.74, 6) is 0.978. The number of furan rings is 1. The van der Waals surface area contributed by atoms with E-state index in [1.54, 1.807) is 25.1 Å². The molecule has 1 heterocycles. The summed E-state index contributed by atoms with van der Waals surface area (Å²) < 4.78 is 34.0. The van der Waals surface area contributed by atoms with Crippen molar-refractivity contribution in [3.05, 3.63) is 63.4 Å². The second-order valence-electron chi connectivity index (χ2n) is 6.73. The maximum Gasteiger partial charge on any atom is 0.270 e. The van der Waals surface area contributed by atoms with Crippen LogP contribution in [0.4, 0.5) is 11.4 Å². The second kappa shape index (κ2) is 6.38. The van der Waals surface area contributed by atoms with Crippen molar-refractivity contribution in [2.45, 2.75) is 37.5 Å². The molecule has 0 atom stereocenters. The molecule has 0 radical (unpaired) electrons. The molecule has 1 aliphatic carbocycles. The Hall–Kier alpha value is -2.87. The summed E-state index contributed by atoms with van der Waals surface area (Å²) in [5, 5.41) is 11.9. The molecular weight excluding hydrogens is 368 g/mol. The Bertz CT molecular complexity index is 1160. The van der Waals surface area contributed by atoms with Crippen LogP contribution in [-0.4, -0.2) is 13.3 Å². The molecule has 0 fully saturated rings. The molecule has 7 nitrogen and oxygen atoms in total. The van der Waals surface area contributed by atoms with E-state index < -0.39 is 14.9 Å². The molecule has 1 aromatic heterocycles. The number of anilines is 1. The monoisotopic (exact) mass is 386 g/mol. The van der Waals surface area contributed by atoms with Crippen LogP contribution in [0.5, 0.6) is 0 Å². The van der Waals surface area contributed by atoms with Gasteiger partial charge in [-0.3, -0.25) is 14.8 Å². The first-order valence-corrected chi connectivity index (χ1v) is 10.2. The lowest BCUT2D eigenvalue weighted by molar-refractivity contribution is -0.385. The number of nitro groups is 1. The van der Waals surface area contributed by atoms with E-state index in [-0.39, 0.29) is 10.6 Å². The van der Waals surface area contributed by atoms with Gasteiger partial charge in [0, 0.05) is 35.2 Å². The van der Waals surface area contributed by atoms with E-state index in [0.717, 1.165) is 54.0 Å². The molecule has 0 spiro atoms. The molecule has 3 aromatic rings. The van der Waals surface area contributed by atoms with Gasteiger partial charge in [-0.25, -0.2) is 8.42 Å². The molecular formula is C19H18N2O5S. The van der Waals surface area contributed by atoms with Gasteiger partial charge in [-0.05, 0) is 49.9 Å². The molecule has 0 saturated carbocycles. The highest BCUT2D eigenvalue weighted by molar-refractivity contribution is 7.92. The van der Waals surface area contributed by atoms with Gasteiger partial charge in [-0.15, -0.1) is 0 Å². The fraction of sp³-hybridized carbons (Fsp3) is 0.263. The third kappa shape index (κ3) is 3.16. The van der Waals surface area contributed by atoms with Crippen molar-refractivity contribution < 1.29 is 17.8 Å². The van der Waals surface area contributed by atoms with E-state index in [1.165, 1.54) is 12.1 Å². The highest BCUT2D eigenvalue weighted by atomic mass is 32.2. The normalized spacial score (nSPS) is 14.1. The first kappa shape index (κ1) is 17.5. The highest BCUT2D eigenvalue weighted by Gasteiger charge is 2.22. The average Bonchev–Trinajstić information content (AvgIpc) is 2.99. The number of non-ortho nitro benzene ring substituents is 1. The zero-order chi connectivity index (χ0) is 19.2. The Morgan fingerprint density at radius 1 is 1.11 bits per heavy atom. The van der Waals surface area contributed by atoms with E-state index in [2.05, 4.69) is 4.72 Å². The van der Waals surface area contributed by atoms with Crippen molar-refractivity contribution in [2.75, 3.05) is 4.72 Å². The first-order valence-electron chi connectivity index (χ1n) is 8.67. The van der Waals surface area contributed by atoms with Gasteiger partial charge in [0.05, 0.1) is 9.82 Å². The van der Waals surface area contributed by atoms with Gasteiger partial charge in [-0.1, -0.05) is 6.07 Å². The Labute approximate surface area is 156 Å². The fourth-order valence-corrected chi connectivity index (χ4v) is 4.84. The predicted octanol–water partition coefficient (Wildman–Crippen LogP) is 4.33. The number of benzene rings is 2. The number of hydrogen-bond donors (Lipinski definition) is 1. The summed E-state index contributed by atoms with van der Waals surface area (Å²) in [6.45, 7) is 1.61. The molecule has 1 N–H and O–H groups in total. The van der Waals surface area contributed by atoms with Crippen LogP contribution in [-0.2, 0) is 22.9 Å². The Morgan fingerprint density at radius 3 is 2.67 bits per heavy atom. The van der Waals surface area contributed by atoms with Gasteiger partial charge in [-0.2, -0.15) is 0 Å². The minimum Gasteiger partial charge on any atom is -0.461 e. The predicted molar refractivity (Wildman–Crippen MR) is 101 cm³/mol. The van der Waals surface area contributed by atoms with E-state index in [0.29, 0.717) is 11.3 Å². The minimum absolute atomic E-state index is 0.106. The molecule has 2 aromatic carbocycles. The number of aryl methyl sites for hydroxylation is 3. The number of fused-ring (bicyclic) bond motifs is 3. The van der Waals surface area contributed by atoms with Gasteiger partial charge in [0.1, 0.15) is 11.3 Å². The van der Waals surface area contributed by atoms with Gasteiger partial charge in [0.25, 0.3) is 15.7 Å². The zero-order valence-corrected chi connectivity index (χ0v) is 15.5. The number of nitrogens with one attached hydrogen (secondary N) is 1. The lowest BCUT2D eigenvalue weighted by Gasteiger charge is -2.11. The van der Waals surface area contributed by atoms with Crippen LogP contribution >= 0.6 is 0 Å². The van der Waals surface area contributed by atoms with Gasteiger partial charge in [0.15, 0.2) is 0 Å². The molecule has 0 amide bonds. The molecule has 27 heavy (non-hydrogen) atoms. The van der Waals surface area contributed by atoms with Gasteiger partial charge >= 0.3 is 0 Å². The van der Waals surface area contributed by atoms with Crippen LogP contribution in [0.3, 0.4) is 0 Å². The summed E-state index contributed by atoms with van der Waals surface area (Å²) in [5.41, 5.74) is 2.47. The molecule has 0 saturated heterocycles. The van der Waals surface area contributed by atoms with Crippen molar-refractivity contribution >= 4 is 32.4 Å². The van der Waals surface area contributed by atoms with E-state index >= 15 is 0 Å². The standard InChI is InChI=1S/C19H18N2O5S/c1-12-6-8-14(21(22)23)11-19(12)27(24,25)20-13-7-9-18-16(10-13)15-4-2-3-5-17(15)26-18/h6-11,20H,2-5H2,1H3. The Kier molecular flexibility index (Phi) is 4.15. The molecule has 4 rings (SSSR count). The number of sulfonamides is 1. The zero-order valence-electron chi connectivity index (χ0n) is 14.7. The molecule has 0 aliphatic heterocycles.